The first kappa shape index (κ1) is 26.3. The van der Waals surface area contributed by atoms with Gasteiger partial charge in [-0.05, 0) is 93.1 Å². The Balaban J connectivity index is 1.14. The largest absolute Gasteiger partial charge is 0.353 e. The molecule has 1 aromatic heterocycles. The molecule has 2 aliphatic heterocycles. The van der Waals surface area contributed by atoms with E-state index in [1.165, 1.54) is 46.9 Å². The number of benzene rings is 2. The lowest BCUT2D eigenvalue weighted by atomic mass is 9.87. The van der Waals surface area contributed by atoms with Crippen molar-refractivity contribution in [1.82, 2.24) is 19.1 Å². The molecule has 1 amide bonds. The molecule has 1 aliphatic carbocycles. The van der Waals surface area contributed by atoms with Crippen molar-refractivity contribution in [2.24, 2.45) is 0 Å². The fraction of sp³-hybridized carbons (Fsp3) is 0.452. The van der Waals surface area contributed by atoms with Gasteiger partial charge in [-0.15, -0.1) is 0 Å². The van der Waals surface area contributed by atoms with Crippen LogP contribution in [0.25, 0.3) is 0 Å². The van der Waals surface area contributed by atoms with Gasteiger partial charge in [0, 0.05) is 44.0 Å². The Bertz CT molecular complexity index is 1440. The van der Waals surface area contributed by atoms with Gasteiger partial charge in [0.2, 0.25) is 15.9 Å². The number of carbonyl (C=O) groups is 1. The normalized spacial score (nSPS) is 21.9. The standard InChI is InChI=1S/C31H38N4O3S/c1-23-6-12-28(13-7-23)39(37,38)35-18-17-34-16-4-5-29(34)30(35)21-31(36)32-27-11-10-25-19-24(8-9-26(25)20-27)22-33-14-2-3-15-33/h4-9,12-13,16,19,27,30H,2-3,10-11,14-15,17-18,20-22H2,1H3,(H,32,36). The van der Waals surface area contributed by atoms with Gasteiger partial charge in [-0.1, -0.05) is 35.9 Å². The van der Waals surface area contributed by atoms with E-state index in [1.54, 1.807) is 12.1 Å². The monoisotopic (exact) mass is 546 g/mol. The third kappa shape index (κ3) is 5.55. The van der Waals surface area contributed by atoms with Crippen molar-refractivity contribution >= 4 is 15.9 Å². The van der Waals surface area contributed by atoms with E-state index in [0.717, 1.165) is 37.1 Å². The van der Waals surface area contributed by atoms with Gasteiger partial charge in [0.1, 0.15) is 0 Å². The average molecular weight is 547 g/mol. The molecule has 3 heterocycles. The van der Waals surface area contributed by atoms with E-state index in [2.05, 4.69) is 33.0 Å². The summed E-state index contributed by atoms with van der Waals surface area (Å²) in [7, 11) is -3.74. The van der Waals surface area contributed by atoms with Crippen LogP contribution in [0.4, 0.5) is 0 Å². The van der Waals surface area contributed by atoms with Crippen molar-refractivity contribution < 1.29 is 13.2 Å². The fourth-order valence-electron chi connectivity index (χ4n) is 6.47. The Morgan fingerprint density at radius 2 is 1.77 bits per heavy atom. The Hall–Kier alpha value is -2.94. The predicted molar refractivity (Wildman–Crippen MR) is 152 cm³/mol. The molecule has 3 aliphatic rings. The number of nitrogens with one attached hydrogen (secondary N) is 1. The SMILES string of the molecule is Cc1ccc(S(=O)(=O)N2CCn3cccc3C2CC(=O)NC2CCc3cc(CN4CCCC4)ccc3C2)cc1. The molecule has 2 aromatic carbocycles. The summed E-state index contributed by atoms with van der Waals surface area (Å²) in [4.78, 5) is 16.2. The second-order valence-corrected chi connectivity index (χ2v) is 13.3. The van der Waals surface area contributed by atoms with Gasteiger partial charge >= 0.3 is 0 Å². The van der Waals surface area contributed by atoms with Crippen LogP contribution in [0.15, 0.2) is 65.7 Å². The zero-order chi connectivity index (χ0) is 27.0. The summed E-state index contributed by atoms with van der Waals surface area (Å²) in [5, 5.41) is 3.24. The maximum Gasteiger partial charge on any atom is 0.243 e. The third-order valence-electron chi connectivity index (χ3n) is 8.59. The molecule has 206 valence electrons. The molecule has 1 fully saturated rings. The summed E-state index contributed by atoms with van der Waals surface area (Å²) in [5.41, 5.74) is 5.97. The molecule has 7 nitrogen and oxygen atoms in total. The number of rotatable bonds is 7. The smallest absolute Gasteiger partial charge is 0.243 e. The Labute approximate surface area is 231 Å². The number of fused-ring (bicyclic) bond motifs is 2. The second-order valence-electron chi connectivity index (χ2n) is 11.4. The number of nitrogens with zero attached hydrogens (tertiary/aromatic N) is 3. The first-order valence-electron chi connectivity index (χ1n) is 14.2. The molecule has 2 unspecified atom stereocenters. The summed E-state index contributed by atoms with van der Waals surface area (Å²) in [6, 6.07) is 17.2. The predicted octanol–water partition coefficient (Wildman–Crippen LogP) is 4.20. The first-order chi connectivity index (χ1) is 18.9. The molecule has 2 atom stereocenters. The lowest BCUT2D eigenvalue weighted by Gasteiger charge is -2.36. The van der Waals surface area contributed by atoms with Crippen LogP contribution in [0.2, 0.25) is 0 Å². The number of hydrogen-bond donors (Lipinski definition) is 1. The number of likely N-dealkylation sites (tertiary alicyclic amines) is 1. The van der Waals surface area contributed by atoms with Crippen molar-refractivity contribution in [1.29, 1.82) is 0 Å². The van der Waals surface area contributed by atoms with Crippen molar-refractivity contribution in [2.45, 2.75) is 75.5 Å². The Morgan fingerprint density at radius 1 is 0.974 bits per heavy atom. The van der Waals surface area contributed by atoms with Gasteiger partial charge in [-0.3, -0.25) is 9.69 Å². The third-order valence-corrected chi connectivity index (χ3v) is 10.5. The summed E-state index contributed by atoms with van der Waals surface area (Å²) < 4.78 is 30.9. The number of sulfonamides is 1. The van der Waals surface area contributed by atoms with E-state index < -0.39 is 16.1 Å². The highest BCUT2D eigenvalue weighted by Crippen LogP contribution is 2.34. The minimum Gasteiger partial charge on any atom is -0.353 e. The number of aromatic nitrogens is 1. The first-order valence-corrected chi connectivity index (χ1v) is 15.7. The summed E-state index contributed by atoms with van der Waals surface area (Å²) in [5.74, 6) is -0.0992. The van der Waals surface area contributed by atoms with Crippen LogP contribution in [0, 0.1) is 6.92 Å². The van der Waals surface area contributed by atoms with Crippen molar-refractivity contribution in [3.05, 3.63) is 88.7 Å². The maximum absolute atomic E-state index is 13.7. The molecule has 0 spiro atoms. The Kier molecular flexibility index (Phi) is 7.35. The van der Waals surface area contributed by atoms with Crippen molar-refractivity contribution in [2.75, 3.05) is 19.6 Å². The highest BCUT2D eigenvalue weighted by atomic mass is 32.2. The van der Waals surface area contributed by atoms with Gasteiger partial charge < -0.3 is 9.88 Å². The number of hydrogen-bond acceptors (Lipinski definition) is 4. The zero-order valence-corrected chi connectivity index (χ0v) is 23.5. The van der Waals surface area contributed by atoms with E-state index in [-0.39, 0.29) is 23.3 Å². The number of carbonyl (C=O) groups excluding carboxylic acids is 1. The van der Waals surface area contributed by atoms with Crippen molar-refractivity contribution in [3.63, 3.8) is 0 Å². The van der Waals surface area contributed by atoms with Crippen LogP contribution in [0.3, 0.4) is 0 Å². The van der Waals surface area contributed by atoms with E-state index in [0.29, 0.717) is 13.1 Å². The minimum atomic E-state index is -3.74. The molecule has 0 saturated carbocycles. The summed E-state index contributed by atoms with van der Waals surface area (Å²) >= 11 is 0. The van der Waals surface area contributed by atoms with E-state index >= 15 is 0 Å². The minimum absolute atomic E-state index is 0.0620. The number of amides is 1. The molecule has 0 bridgehead atoms. The molecule has 8 heteroatoms. The van der Waals surface area contributed by atoms with Crippen molar-refractivity contribution in [3.8, 4) is 0 Å². The van der Waals surface area contributed by atoms with E-state index in [1.807, 2.05) is 37.4 Å². The van der Waals surface area contributed by atoms with E-state index in [4.69, 9.17) is 0 Å². The quantitative estimate of drug-likeness (QED) is 0.482. The topological polar surface area (TPSA) is 74.6 Å². The highest BCUT2D eigenvalue weighted by molar-refractivity contribution is 7.89. The van der Waals surface area contributed by atoms with Crippen LogP contribution in [0.5, 0.6) is 0 Å². The lowest BCUT2D eigenvalue weighted by molar-refractivity contribution is -0.123. The molecule has 1 N–H and O–H groups in total. The number of aryl methyl sites for hydroxylation is 2. The van der Waals surface area contributed by atoms with Crippen LogP contribution in [-0.2, 0) is 40.7 Å². The van der Waals surface area contributed by atoms with Gasteiger partial charge in [0.05, 0.1) is 10.9 Å². The summed E-state index contributed by atoms with van der Waals surface area (Å²) in [6.07, 6.45) is 7.34. The second kappa shape index (κ2) is 10.9. The fourth-order valence-corrected chi connectivity index (χ4v) is 8.06. The summed E-state index contributed by atoms with van der Waals surface area (Å²) in [6.45, 7) is 6.27. The van der Waals surface area contributed by atoms with Crippen LogP contribution in [-0.4, -0.2) is 53.8 Å². The maximum atomic E-state index is 13.7. The molecular formula is C31H38N4O3S. The van der Waals surface area contributed by atoms with Gasteiger partial charge in [0.15, 0.2) is 0 Å². The van der Waals surface area contributed by atoms with Crippen LogP contribution in [0.1, 0.15) is 59.7 Å². The molecule has 3 aromatic rings. The lowest BCUT2D eigenvalue weighted by Crippen LogP contribution is -2.45. The molecule has 1 saturated heterocycles. The molecule has 0 radical (unpaired) electrons. The van der Waals surface area contributed by atoms with E-state index in [9.17, 15) is 13.2 Å². The molecular weight excluding hydrogens is 508 g/mol. The zero-order valence-electron chi connectivity index (χ0n) is 22.7. The Morgan fingerprint density at radius 3 is 2.56 bits per heavy atom. The van der Waals surface area contributed by atoms with Gasteiger partial charge in [-0.25, -0.2) is 8.42 Å². The van der Waals surface area contributed by atoms with Crippen LogP contribution >= 0.6 is 0 Å². The highest BCUT2D eigenvalue weighted by Gasteiger charge is 2.38. The molecule has 6 rings (SSSR count). The van der Waals surface area contributed by atoms with Crippen LogP contribution < -0.4 is 5.32 Å². The average Bonchev–Trinajstić information content (AvgIpc) is 3.61. The molecule has 39 heavy (non-hydrogen) atoms. The van der Waals surface area contributed by atoms with Gasteiger partial charge in [-0.2, -0.15) is 4.31 Å². The van der Waals surface area contributed by atoms with Gasteiger partial charge in [0.25, 0.3) is 0 Å².